The van der Waals surface area contributed by atoms with Crippen LogP contribution in [0.3, 0.4) is 0 Å². The van der Waals surface area contributed by atoms with E-state index in [4.69, 9.17) is 4.74 Å². The number of benzene rings is 1. The van der Waals surface area contributed by atoms with Crippen LogP contribution in [-0.4, -0.2) is 60.3 Å². The molecule has 0 spiro atoms. The number of carbonyl (C=O) groups excluding carboxylic acids is 1. The second kappa shape index (κ2) is 6.72. The van der Waals surface area contributed by atoms with Crippen molar-refractivity contribution < 1.29 is 14.6 Å². The van der Waals surface area contributed by atoms with Crippen LogP contribution in [0.25, 0.3) is 0 Å². The lowest BCUT2D eigenvalue weighted by atomic mass is 10.2. The number of ether oxygens (including phenoxy) is 1. The van der Waals surface area contributed by atoms with Gasteiger partial charge in [-0.1, -0.05) is 30.3 Å². The topological polar surface area (TPSA) is 53.0 Å². The molecule has 5 heteroatoms. The first-order chi connectivity index (χ1) is 9.56. The molecule has 1 heterocycles. The van der Waals surface area contributed by atoms with E-state index in [9.17, 15) is 9.90 Å². The minimum absolute atomic E-state index is 0.0169. The van der Waals surface area contributed by atoms with Gasteiger partial charge >= 0.3 is 6.09 Å². The number of hydrogen-bond acceptors (Lipinski definition) is 4. The highest BCUT2D eigenvalue weighted by molar-refractivity contribution is 5.68. The molecule has 0 radical (unpaired) electrons. The summed E-state index contributed by atoms with van der Waals surface area (Å²) in [6, 6.07) is 9.61. The zero-order valence-electron chi connectivity index (χ0n) is 12.0. The minimum Gasteiger partial charge on any atom is -0.445 e. The standard InChI is InChI=1S/C15H22N2O3/c1-16(2)9-13-8-14(18)10-17(13)15(19)20-11-12-6-4-3-5-7-12/h3-7,13-14,18H,8-11H2,1-2H3. The van der Waals surface area contributed by atoms with E-state index in [-0.39, 0.29) is 18.7 Å². The van der Waals surface area contributed by atoms with Crippen LogP contribution in [-0.2, 0) is 11.3 Å². The molecule has 110 valence electrons. The molecule has 2 rings (SSSR count). The molecule has 0 bridgehead atoms. The van der Waals surface area contributed by atoms with Gasteiger partial charge < -0.3 is 19.6 Å². The maximum Gasteiger partial charge on any atom is 0.410 e. The van der Waals surface area contributed by atoms with E-state index in [0.29, 0.717) is 13.0 Å². The van der Waals surface area contributed by atoms with E-state index < -0.39 is 6.10 Å². The van der Waals surface area contributed by atoms with Crippen LogP contribution in [0.5, 0.6) is 0 Å². The average Bonchev–Trinajstić information content (AvgIpc) is 2.77. The van der Waals surface area contributed by atoms with Crippen molar-refractivity contribution in [2.24, 2.45) is 0 Å². The molecule has 0 aliphatic carbocycles. The molecule has 1 aliphatic heterocycles. The molecule has 0 saturated carbocycles. The summed E-state index contributed by atoms with van der Waals surface area (Å²) < 4.78 is 5.33. The van der Waals surface area contributed by atoms with Gasteiger partial charge in [0.15, 0.2) is 0 Å². The number of aliphatic hydroxyl groups is 1. The van der Waals surface area contributed by atoms with E-state index in [1.807, 2.05) is 49.3 Å². The first kappa shape index (κ1) is 14.8. The van der Waals surface area contributed by atoms with Crippen molar-refractivity contribution in [2.75, 3.05) is 27.2 Å². The Hall–Kier alpha value is -1.59. The van der Waals surface area contributed by atoms with Crippen molar-refractivity contribution in [1.82, 2.24) is 9.80 Å². The molecule has 1 fully saturated rings. The van der Waals surface area contributed by atoms with Crippen molar-refractivity contribution in [3.8, 4) is 0 Å². The van der Waals surface area contributed by atoms with Gasteiger partial charge in [-0.3, -0.25) is 0 Å². The first-order valence-electron chi connectivity index (χ1n) is 6.86. The normalized spacial score (nSPS) is 22.3. The van der Waals surface area contributed by atoms with Gasteiger partial charge in [0, 0.05) is 6.54 Å². The van der Waals surface area contributed by atoms with Crippen molar-refractivity contribution >= 4 is 6.09 Å². The highest BCUT2D eigenvalue weighted by Gasteiger charge is 2.35. The summed E-state index contributed by atoms with van der Waals surface area (Å²) in [6.07, 6.45) is -0.194. The lowest BCUT2D eigenvalue weighted by Gasteiger charge is -2.26. The SMILES string of the molecule is CN(C)CC1CC(O)CN1C(=O)OCc1ccccc1. The molecule has 1 aromatic rings. The van der Waals surface area contributed by atoms with Crippen LogP contribution < -0.4 is 0 Å². The van der Waals surface area contributed by atoms with Crippen LogP contribution in [0.2, 0.25) is 0 Å². The number of hydrogen-bond donors (Lipinski definition) is 1. The van der Waals surface area contributed by atoms with Crippen molar-refractivity contribution in [3.63, 3.8) is 0 Å². The molecule has 1 aromatic carbocycles. The molecule has 2 atom stereocenters. The third-order valence-corrected chi connectivity index (χ3v) is 3.41. The number of likely N-dealkylation sites (N-methyl/N-ethyl adjacent to an activating group) is 1. The van der Waals surface area contributed by atoms with E-state index in [0.717, 1.165) is 12.1 Å². The minimum atomic E-state index is -0.454. The fourth-order valence-corrected chi connectivity index (χ4v) is 2.51. The molecule has 1 amide bonds. The fraction of sp³-hybridized carbons (Fsp3) is 0.533. The maximum absolute atomic E-state index is 12.1. The Morgan fingerprint density at radius 2 is 2.10 bits per heavy atom. The van der Waals surface area contributed by atoms with Gasteiger partial charge in [-0.2, -0.15) is 0 Å². The van der Waals surface area contributed by atoms with Crippen LogP contribution >= 0.6 is 0 Å². The Kier molecular flexibility index (Phi) is 4.98. The van der Waals surface area contributed by atoms with E-state index in [2.05, 4.69) is 0 Å². The molecule has 1 aliphatic rings. The summed E-state index contributed by atoms with van der Waals surface area (Å²) in [4.78, 5) is 15.8. The second-order valence-electron chi connectivity index (χ2n) is 5.50. The zero-order chi connectivity index (χ0) is 14.5. The highest BCUT2D eigenvalue weighted by atomic mass is 16.6. The van der Waals surface area contributed by atoms with Crippen LogP contribution in [0.4, 0.5) is 4.79 Å². The largest absolute Gasteiger partial charge is 0.445 e. The molecule has 5 nitrogen and oxygen atoms in total. The Balaban J connectivity index is 1.90. The quantitative estimate of drug-likeness (QED) is 0.902. The van der Waals surface area contributed by atoms with Gasteiger partial charge in [0.2, 0.25) is 0 Å². The van der Waals surface area contributed by atoms with Crippen LogP contribution in [0.1, 0.15) is 12.0 Å². The lowest BCUT2D eigenvalue weighted by Crippen LogP contribution is -2.41. The number of likely N-dealkylation sites (tertiary alicyclic amines) is 1. The average molecular weight is 278 g/mol. The lowest BCUT2D eigenvalue weighted by molar-refractivity contribution is 0.0841. The smallest absolute Gasteiger partial charge is 0.410 e. The van der Waals surface area contributed by atoms with Gasteiger partial charge in [0.05, 0.1) is 18.7 Å². The van der Waals surface area contributed by atoms with Crippen molar-refractivity contribution in [2.45, 2.75) is 25.2 Å². The van der Waals surface area contributed by atoms with Gasteiger partial charge in [-0.05, 0) is 26.1 Å². The summed E-state index contributed by atoms with van der Waals surface area (Å²) in [5.41, 5.74) is 0.963. The maximum atomic E-state index is 12.1. The molecule has 1 N–H and O–H groups in total. The predicted octanol–water partition coefficient (Wildman–Crippen LogP) is 1.32. The van der Waals surface area contributed by atoms with Crippen molar-refractivity contribution in [3.05, 3.63) is 35.9 Å². The Labute approximate surface area is 119 Å². The monoisotopic (exact) mass is 278 g/mol. The third-order valence-electron chi connectivity index (χ3n) is 3.41. The summed E-state index contributed by atoms with van der Waals surface area (Å²) in [5, 5.41) is 9.75. The van der Waals surface area contributed by atoms with Gasteiger partial charge in [0.1, 0.15) is 6.61 Å². The number of amides is 1. The van der Waals surface area contributed by atoms with Crippen LogP contribution in [0, 0.1) is 0 Å². The molecule has 2 unspecified atom stereocenters. The number of rotatable bonds is 4. The Morgan fingerprint density at radius 1 is 1.40 bits per heavy atom. The Bertz CT molecular complexity index is 436. The van der Waals surface area contributed by atoms with E-state index in [1.54, 1.807) is 4.90 Å². The fourth-order valence-electron chi connectivity index (χ4n) is 2.51. The third kappa shape index (κ3) is 3.95. The van der Waals surface area contributed by atoms with E-state index >= 15 is 0 Å². The second-order valence-corrected chi connectivity index (χ2v) is 5.50. The van der Waals surface area contributed by atoms with E-state index in [1.165, 1.54) is 0 Å². The number of carbonyl (C=O) groups is 1. The molecule has 20 heavy (non-hydrogen) atoms. The number of aliphatic hydroxyl groups excluding tert-OH is 1. The van der Waals surface area contributed by atoms with Gasteiger partial charge in [-0.15, -0.1) is 0 Å². The van der Waals surface area contributed by atoms with Gasteiger partial charge in [-0.25, -0.2) is 4.79 Å². The summed E-state index contributed by atoms with van der Waals surface area (Å²) in [7, 11) is 3.91. The zero-order valence-corrected chi connectivity index (χ0v) is 12.0. The summed E-state index contributed by atoms with van der Waals surface area (Å²) in [6.45, 7) is 1.35. The summed E-state index contributed by atoms with van der Waals surface area (Å²) >= 11 is 0. The summed E-state index contributed by atoms with van der Waals surface area (Å²) in [5.74, 6) is 0. The number of nitrogens with zero attached hydrogens (tertiary/aromatic N) is 2. The van der Waals surface area contributed by atoms with Gasteiger partial charge in [0.25, 0.3) is 0 Å². The molecular weight excluding hydrogens is 256 g/mol. The van der Waals surface area contributed by atoms with Crippen LogP contribution in [0.15, 0.2) is 30.3 Å². The molecule has 1 saturated heterocycles. The highest BCUT2D eigenvalue weighted by Crippen LogP contribution is 2.20. The molecular formula is C15H22N2O3. The Morgan fingerprint density at radius 3 is 2.75 bits per heavy atom. The molecule has 0 aromatic heterocycles. The first-order valence-corrected chi connectivity index (χ1v) is 6.86. The predicted molar refractivity (Wildman–Crippen MR) is 76.3 cm³/mol. The van der Waals surface area contributed by atoms with Crippen molar-refractivity contribution in [1.29, 1.82) is 0 Å². The number of β-amino-alcohol motifs (C(OH)–C–C–N with tert-alkyl or cyclic N) is 1.